The molecule has 230 valence electrons. The molecule has 0 aromatic heterocycles. The van der Waals surface area contributed by atoms with E-state index >= 15 is 0 Å². The van der Waals surface area contributed by atoms with Gasteiger partial charge in [0.15, 0.2) is 0 Å². The second-order valence-electron chi connectivity index (χ2n) is 12.1. The summed E-state index contributed by atoms with van der Waals surface area (Å²) in [5, 5.41) is 10.5. The Morgan fingerprint density at radius 3 is 2.33 bits per heavy atom. The summed E-state index contributed by atoms with van der Waals surface area (Å²) in [6.07, 6.45) is 5.25. The molecular formula is C33H47N3O5S. The predicted octanol–water partition coefficient (Wildman–Crippen LogP) is 4.67. The van der Waals surface area contributed by atoms with Gasteiger partial charge in [0.1, 0.15) is 6.04 Å². The monoisotopic (exact) mass is 597 g/mol. The van der Waals surface area contributed by atoms with Crippen LogP contribution in [0.5, 0.6) is 0 Å². The number of fused-ring (bicyclic) bond motifs is 1. The zero-order valence-corrected chi connectivity index (χ0v) is 26.6. The number of anilines is 2. The minimum Gasteiger partial charge on any atom is -0.465 e. The maximum atomic E-state index is 14.8. The molecule has 2 amide bonds. The van der Waals surface area contributed by atoms with Crippen LogP contribution in [0.2, 0.25) is 0 Å². The molecule has 9 heteroatoms. The van der Waals surface area contributed by atoms with E-state index in [1.807, 2.05) is 45.0 Å². The molecule has 1 spiro atoms. The molecule has 4 rings (SSSR count). The number of rotatable bonds is 14. The molecule has 1 aromatic rings. The second kappa shape index (κ2) is 12.8. The number of benzene rings is 1. The van der Waals surface area contributed by atoms with Crippen LogP contribution in [0.1, 0.15) is 53.9 Å². The Bertz CT molecular complexity index is 1180. The number of hydrogen-bond donors (Lipinski definition) is 1. The van der Waals surface area contributed by atoms with E-state index < -0.39 is 33.4 Å². The van der Waals surface area contributed by atoms with Gasteiger partial charge < -0.3 is 24.5 Å². The topological polar surface area (TPSA) is 90.4 Å². The third-order valence-electron chi connectivity index (χ3n) is 9.45. The first-order valence-electron chi connectivity index (χ1n) is 15.2. The highest BCUT2D eigenvalue weighted by Gasteiger charge is 2.78. The van der Waals surface area contributed by atoms with Gasteiger partial charge in [-0.1, -0.05) is 26.0 Å². The Labute approximate surface area is 255 Å². The lowest BCUT2D eigenvalue weighted by Gasteiger charge is -2.40. The van der Waals surface area contributed by atoms with E-state index in [9.17, 15) is 19.5 Å². The van der Waals surface area contributed by atoms with Crippen molar-refractivity contribution in [3.63, 3.8) is 0 Å². The Morgan fingerprint density at radius 2 is 1.79 bits per heavy atom. The van der Waals surface area contributed by atoms with E-state index in [1.54, 1.807) is 33.7 Å². The number of nitrogens with zero attached hydrogens (tertiary/aromatic N) is 3. The van der Waals surface area contributed by atoms with Gasteiger partial charge in [0, 0.05) is 35.8 Å². The van der Waals surface area contributed by atoms with Gasteiger partial charge in [-0.05, 0) is 70.2 Å². The summed E-state index contributed by atoms with van der Waals surface area (Å²) in [5.74, 6) is -2.30. The van der Waals surface area contributed by atoms with Gasteiger partial charge >= 0.3 is 5.97 Å². The fourth-order valence-electron chi connectivity index (χ4n) is 7.34. The molecule has 2 bridgehead atoms. The van der Waals surface area contributed by atoms with Crippen molar-refractivity contribution in [3.8, 4) is 0 Å². The summed E-state index contributed by atoms with van der Waals surface area (Å²) in [5.41, 5.74) is 1.79. The molecule has 1 N–H and O–H groups in total. The van der Waals surface area contributed by atoms with Crippen molar-refractivity contribution >= 4 is 40.9 Å². The normalized spacial score (nSPS) is 28.5. The highest BCUT2D eigenvalue weighted by atomic mass is 32.2. The molecule has 3 fully saturated rings. The van der Waals surface area contributed by atoms with Crippen LogP contribution in [0, 0.1) is 17.8 Å². The molecule has 2 unspecified atom stereocenters. The van der Waals surface area contributed by atoms with E-state index in [-0.39, 0.29) is 43.5 Å². The van der Waals surface area contributed by atoms with Crippen molar-refractivity contribution in [1.82, 2.24) is 4.90 Å². The standard InChI is InChI=1S/C33H47N3O5S/c1-8-12-20-41-31(40)27-26-29(38)36(25(21-37)22(5)6)28(33(26)18-17-32(27,7)42-33)30(39)35(19-9-2)24-15-13-23(14-16-24)34(10-3)11-4/h8-9,13-16,22,25-28,37H,1-2,10-12,17-21H2,3-7H3/t25-,26-,27-,28?,32+,33?/m0/s1. The summed E-state index contributed by atoms with van der Waals surface area (Å²) in [7, 11) is 0. The number of carbonyl (C=O) groups is 3. The van der Waals surface area contributed by atoms with Gasteiger partial charge in [-0.3, -0.25) is 14.4 Å². The van der Waals surface area contributed by atoms with Crippen LogP contribution >= 0.6 is 11.8 Å². The van der Waals surface area contributed by atoms with E-state index in [2.05, 4.69) is 31.9 Å². The van der Waals surface area contributed by atoms with Gasteiger partial charge in [0.2, 0.25) is 5.91 Å². The molecule has 0 aliphatic carbocycles. The van der Waals surface area contributed by atoms with E-state index in [1.165, 1.54) is 0 Å². The van der Waals surface area contributed by atoms with Crippen LogP contribution < -0.4 is 9.80 Å². The lowest BCUT2D eigenvalue weighted by molar-refractivity contribution is -0.156. The number of likely N-dealkylation sites (tertiary alicyclic amines) is 1. The third kappa shape index (κ3) is 5.27. The molecule has 3 aliphatic heterocycles. The Balaban J connectivity index is 1.79. The molecule has 0 saturated carbocycles. The summed E-state index contributed by atoms with van der Waals surface area (Å²) in [6, 6.07) is 6.51. The smallest absolute Gasteiger partial charge is 0.311 e. The first-order valence-corrected chi connectivity index (χ1v) is 16.0. The minimum absolute atomic E-state index is 0.0959. The predicted molar refractivity (Wildman–Crippen MR) is 170 cm³/mol. The number of esters is 1. The maximum absolute atomic E-state index is 14.8. The molecular weight excluding hydrogens is 550 g/mol. The quantitative estimate of drug-likeness (QED) is 0.189. The Morgan fingerprint density at radius 1 is 1.14 bits per heavy atom. The Kier molecular flexibility index (Phi) is 9.82. The lowest BCUT2D eigenvalue weighted by Crippen LogP contribution is -2.58. The second-order valence-corrected chi connectivity index (χ2v) is 14.0. The zero-order chi connectivity index (χ0) is 30.8. The van der Waals surface area contributed by atoms with Crippen LogP contribution in [-0.4, -0.2) is 82.2 Å². The third-order valence-corrected chi connectivity index (χ3v) is 11.4. The first kappa shape index (κ1) is 32.1. The van der Waals surface area contributed by atoms with Crippen molar-refractivity contribution in [2.75, 3.05) is 42.6 Å². The summed E-state index contributed by atoms with van der Waals surface area (Å²) in [6.45, 7) is 19.7. The molecule has 3 aliphatic rings. The van der Waals surface area contributed by atoms with Gasteiger partial charge in [0.25, 0.3) is 5.91 Å². The molecule has 42 heavy (non-hydrogen) atoms. The van der Waals surface area contributed by atoms with E-state index in [0.29, 0.717) is 19.3 Å². The molecule has 3 saturated heterocycles. The maximum Gasteiger partial charge on any atom is 0.311 e. The minimum atomic E-state index is -0.838. The van der Waals surface area contributed by atoms with Crippen LogP contribution in [0.25, 0.3) is 0 Å². The number of carbonyl (C=O) groups excluding carboxylic acids is 3. The first-order chi connectivity index (χ1) is 20.0. The van der Waals surface area contributed by atoms with Gasteiger partial charge in [-0.2, -0.15) is 0 Å². The van der Waals surface area contributed by atoms with Crippen molar-refractivity contribution in [3.05, 3.63) is 49.6 Å². The van der Waals surface area contributed by atoms with Crippen LogP contribution in [-0.2, 0) is 19.1 Å². The van der Waals surface area contributed by atoms with E-state index in [0.717, 1.165) is 24.5 Å². The SMILES string of the molecule is C=CCCOC(=O)[C@@H]1[C@H]2C(=O)N([C@@H](CO)C(C)C)C(C(=O)N(CC=C)c3ccc(N(CC)CC)cc3)C23CC[C@@]1(C)S3. The van der Waals surface area contributed by atoms with Crippen LogP contribution in [0.15, 0.2) is 49.6 Å². The number of amides is 2. The van der Waals surface area contributed by atoms with Gasteiger partial charge in [-0.15, -0.1) is 24.9 Å². The highest BCUT2D eigenvalue weighted by Crippen LogP contribution is 2.72. The van der Waals surface area contributed by atoms with E-state index in [4.69, 9.17) is 4.74 Å². The average molecular weight is 598 g/mol. The number of ether oxygens (including phenoxy) is 1. The number of aliphatic hydroxyl groups excluding tert-OH is 1. The number of hydrogen-bond acceptors (Lipinski definition) is 7. The summed E-state index contributed by atoms with van der Waals surface area (Å²) in [4.78, 5) is 48.4. The van der Waals surface area contributed by atoms with Gasteiger partial charge in [0.05, 0.1) is 35.8 Å². The fraction of sp³-hybridized carbons (Fsp3) is 0.606. The molecule has 6 atom stereocenters. The Hall–Kier alpha value is -2.78. The fourth-order valence-corrected chi connectivity index (χ4v) is 9.67. The van der Waals surface area contributed by atoms with Crippen molar-refractivity contribution < 1.29 is 24.2 Å². The number of thioether (sulfide) groups is 1. The zero-order valence-electron chi connectivity index (χ0n) is 25.8. The van der Waals surface area contributed by atoms with Crippen molar-refractivity contribution in [2.24, 2.45) is 17.8 Å². The summed E-state index contributed by atoms with van der Waals surface area (Å²) < 4.78 is 4.34. The molecule has 3 heterocycles. The van der Waals surface area contributed by atoms with Crippen molar-refractivity contribution in [2.45, 2.75) is 75.5 Å². The molecule has 0 radical (unpaired) electrons. The number of aliphatic hydroxyl groups is 1. The highest BCUT2D eigenvalue weighted by molar-refractivity contribution is 8.02. The lowest BCUT2D eigenvalue weighted by atomic mass is 9.66. The molecule has 8 nitrogen and oxygen atoms in total. The van der Waals surface area contributed by atoms with Crippen molar-refractivity contribution in [1.29, 1.82) is 0 Å². The van der Waals surface area contributed by atoms with Crippen LogP contribution in [0.4, 0.5) is 11.4 Å². The largest absolute Gasteiger partial charge is 0.465 e. The van der Waals surface area contributed by atoms with Crippen LogP contribution in [0.3, 0.4) is 0 Å². The average Bonchev–Trinajstić information content (AvgIpc) is 3.54. The van der Waals surface area contributed by atoms with Gasteiger partial charge in [-0.25, -0.2) is 0 Å². The molecule has 1 aromatic carbocycles. The summed E-state index contributed by atoms with van der Waals surface area (Å²) >= 11 is 1.61.